The third-order valence-electron chi connectivity index (χ3n) is 1.84. The fourth-order valence-electron chi connectivity index (χ4n) is 1.07. The summed E-state index contributed by atoms with van der Waals surface area (Å²) in [6.07, 6.45) is 0. The quantitative estimate of drug-likeness (QED) is 0.844. The van der Waals surface area contributed by atoms with Gasteiger partial charge in [0, 0.05) is 19.7 Å². The Morgan fingerprint density at radius 2 is 2.13 bits per heavy atom. The van der Waals surface area contributed by atoms with Crippen molar-refractivity contribution in [3.8, 4) is 11.8 Å². The van der Waals surface area contributed by atoms with Gasteiger partial charge in [-0.2, -0.15) is 5.26 Å². The van der Waals surface area contributed by atoms with E-state index in [1.165, 1.54) is 17.0 Å². The largest absolute Gasteiger partial charge is 0.505 e. The monoisotopic (exact) mass is 268 g/mol. The van der Waals surface area contributed by atoms with Crippen LogP contribution in [0.2, 0.25) is 0 Å². The third kappa shape index (κ3) is 2.28. The molecule has 0 bridgehead atoms. The lowest BCUT2D eigenvalue weighted by Gasteiger charge is -2.11. The standard InChI is InChI=1S/C10H9BrN2O2/c1-13(2)10(15)6-3-7(5-12)9(14)8(11)4-6/h3-4,14H,1-2H3. The van der Waals surface area contributed by atoms with Gasteiger partial charge in [-0.1, -0.05) is 0 Å². The molecular formula is C10H9BrN2O2. The lowest BCUT2D eigenvalue weighted by molar-refractivity contribution is 0.0827. The molecule has 1 rings (SSSR count). The summed E-state index contributed by atoms with van der Waals surface area (Å²) in [4.78, 5) is 13.0. The minimum atomic E-state index is -0.216. The number of carbonyl (C=O) groups excluding carboxylic acids is 1. The number of hydrogen-bond donors (Lipinski definition) is 1. The molecule has 4 nitrogen and oxygen atoms in total. The fraction of sp³-hybridized carbons (Fsp3) is 0.200. The van der Waals surface area contributed by atoms with Gasteiger partial charge < -0.3 is 10.0 Å². The average molecular weight is 269 g/mol. The molecule has 0 saturated carbocycles. The predicted octanol–water partition coefficient (Wildman–Crippen LogP) is 1.73. The lowest BCUT2D eigenvalue weighted by atomic mass is 10.1. The average Bonchev–Trinajstić information content (AvgIpc) is 2.20. The highest BCUT2D eigenvalue weighted by atomic mass is 79.9. The van der Waals surface area contributed by atoms with E-state index >= 15 is 0 Å². The van der Waals surface area contributed by atoms with Crippen molar-refractivity contribution in [2.24, 2.45) is 0 Å². The number of carbonyl (C=O) groups is 1. The van der Waals surface area contributed by atoms with E-state index in [1.54, 1.807) is 14.1 Å². The number of aromatic hydroxyl groups is 1. The highest BCUT2D eigenvalue weighted by molar-refractivity contribution is 9.10. The van der Waals surface area contributed by atoms with Gasteiger partial charge in [0.15, 0.2) is 0 Å². The number of halogens is 1. The number of phenolic OH excluding ortho intramolecular Hbond substituents is 1. The number of rotatable bonds is 1. The molecule has 0 radical (unpaired) electrons. The molecule has 1 aromatic carbocycles. The smallest absolute Gasteiger partial charge is 0.253 e. The predicted molar refractivity (Wildman–Crippen MR) is 58.5 cm³/mol. The van der Waals surface area contributed by atoms with Gasteiger partial charge in [0.25, 0.3) is 5.91 Å². The van der Waals surface area contributed by atoms with Gasteiger partial charge in [-0.15, -0.1) is 0 Å². The van der Waals surface area contributed by atoms with E-state index in [-0.39, 0.29) is 17.2 Å². The van der Waals surface area contributed by atoms with Crippen LogP contribution in [0.1, 0.15) is 15.9 Å². The van der Waals surface area contributed by atoms with Crippen LogP contribution in [0.3, 0.4) is 0 Å². The van der Waals surface area contributed by atoms with E-state index in [4.69, 9.17) is 5.26 Å². The van der Waals surface area contributed by atoms with Gasteiger partial charge in [0.1, 0.15) is 11.8 Å². The molecule has 0 fully saturated rings. The number of amides is 1. The van der Waals surface area contributed by atoms with Crippen molar-refractivity contribution in [3.63, 3.8) is 0 Å². The van der Waals surface area contributed by atoms with Crippen molar-refractivity contribution in [3.05, 3.63) is 27.7 Å². The molecule has 0 saturated heterocycles. The van der Waals surface area contributed by atoms with Crippen LogP contribution in [0.25, 0.3) is 0 Å². The Balaban J connectivity index is 3.30. The van der Waals surface area contributed by atoms with Crippen LogP contribution in [0.5, 0.6) is 5.75 Å². The Bertz CT molecular complexity index is 449. The Labute approximate surface area is 95.9 Å². The molecule has 0 atom stereocenters. The molecular weight excluding hydrogens is 260 g/mol. The minimum Gasteiger partial charge on any atom is -0.505 e. The SMILES string of the molecule is CN(C)C(=O)c1cc(Br)c(O)c(C#N)c1. The number of nitrogens with zero attached hydrogens (tertiary/aromatic N) is 2. The van der Waals surface area contributed by atoms with Crippen LogP contribution >= 0.6 is 15.9 Å². The molecule has 1 aromatic rings. The van der Waals surface area contributed by atoms with Crippen LogP contribution in [0.15, 0.2) is 16.6 Å². The molecule has 0 heterocycles. The maximum absolute atomic E-state index is 11.6. The van der Waals surface area contributed by atoms with E-state index in [0.717, 1.165) is 0 Å². The maximum atomic E-state index is 11.6. The summed E-state index contributed by atoms with van der Waals surface area (Å²) in [5, 5.41) is 18.2. The van der Waals surface area contributed by atoms with Crippen molar-refractivity contribution in [1.29, 1.82) is 5.26 Å². The molecule has 0 unspecified atom stereocenters. The summed E-state index contributed by atoms with van der Waals surface area (Å²) < 4.78 is 0.340. The summed E-state index contributed by atoms with van der Waals surface area (Å²) >= 11 is 3.08. The molecule has 0 aliphatic carbocycles. The van der Waals surface area contributed by atoms with E-state index in [0.29, 0.717) is 10.0 Å². The normalized spacial score (nSPS) is 9.47. The molecule has 15 heavy (non-hydrogen) atoms. The van der Waals surface area contributed by atoms with Crippen LogP contribution in [-0.2, 0) is 0 Å². The first-order chi connectivity index (χ1) is 6.97. The molecule has 0 aromatic heterocycles. The van der Waals surface area contributed by atoms with Crippen molar-refractivity contribution in [1.82, 2.24) is 4.90 Å². The van der Waals surface area contributed by atoms with Gasteiger partial charge >= 0.3 is 0 Å². The summed E-state index contributed by atoms with van der Waals surface area (Å²) in [7, 11) is 3.24. The van der Waals surface area contributed by atoms with Crippen LogP contribution in [-0.4, -0.2) is 30.0 Å². The first-order valence-corrected chi connectivity index (χ1v) is 4.91. The lowest BCUT2D eigenvalue weighted by Crippen LogP contribution is -2.21. The first-order valence-electron chi connectivity index (χ1n) is 4.11. The van der Waals surface area contributed by atoms with Gasteiger partial charge in [-0.25, -0.2) is 0 Å². The Morgan fingerprint density at radius 3 is 2.60 bits per heavy atom. The highest BCUT2D eigenvalue weighted by Crippen LogP contribution is 2.29. The van der Waals surface area contributed by atoms with Crippen molar-refractivity contribution in [2.45, 2.75) is 0 Å². The second-order valence-electron chi connectivity index (χ2n) is 3.17. The summed E-state index contributed by atoms with van der Waals surface area (Å²) in [5.74, 6) is -0.361. The van der Waals surface area contributed by atoms with Crippen molar-refractivity contribution in [2.75, 3.05) is 14.1 Å². The van der Waals surface area contributed by atoms with Crippen LogP contribution in [0.4, 0.5) is 0 Å². The second kappa shape index (κ2) is 4.32. The summed E-state index contributed by atoms with van der Waals surface area (Å²) in [6.45, 7) is 0. The Kier molecular flexibility index (Phi) is 3.32. The van der Waals surface area contributed by atoms with Crippen LogP contribution in [0, 0.1) is 11.3 Å². The Hall–Kier alpha value is -1.54. The van der Waals surface area contributed by atoms with E-state index in [2.05, 4.69) is 15.9 Å². The zero-order valence-electron chi connectivity index (χ0n) is 8.28. The second-order valence-corrected chi connectivity index (χ2v) is 4.02. The van der Waals surface area contributed by atoms with Gasteiger partial charge in [-0.05, 0) is 28.1 Å². The van der Waals surface area contributed by atoms with Crippen molar-refractivity contribution < 1.29 is 9.90 Å². The molecule has 78 valence electrons. The fourth-order valence-corrected chi connectivity index (χ4v) is 1.53. The third-order valence-corrected chi connectivity index (χ3v) is 2.44. The molecule has 0 spiro atoms. The van der Waals surface area contributed by atoms with Gasteiger partial charge in [-0.3, -0.25) is 4.79 Å². The Morgan fingerprint density at radius 1 is 1.53 bits per heavy atom. The molecule has 0 aliphatic heterocycles. The molecule has 1 amide bonds. The minimum absolute atomic E-state index is 0.0783. The molecule has 1 N–H and O–H groups in total. The van der Waals surface area contributed by atoms with Crippen molar-refractivity contribution >= 4 is 21.8 Å². The number of phenols is 1. The zero-order valence-corrected chi connectivity index (χ0v) is 9.87. The number of hydrogen-bond acceptors (Lipinski definition) is 3. The van der Waals surface area contributed by atoms with Gasteiger partial charge in [0.2, 0.25) is 0 Å². The summed E-state index contributed by atoms with van der Waals surface area (Å²) in [5.41, 5.74) is 0.441. The molecule has 5 heteroatoms. The van der Waals surface area contributed by atoms with E-state index < -0.39 is 0 Å². The van der Waals surface area contributed by atoms with Crippen LogP contribution < -0.4 is 0 Å². The topological polar surface area (TPSA) is 64.3 Å². The maximum Gasteiger partial charge on any atom is 0.253 e. The summed E-state index contributed by atoms with van der Waals surface area (Å²) in [6, 6.07) is 4.67. The van der Waals surface area contributed by atoms with E-state index in [9.17, 15) is 9.90 Å². The highest BCUT2D eigenvalue weighted by Gasteiger charge is 2.13. The molecule has 0 aliphatic rings. The number of benzene rings is 1. The van der Waals surface area contributed by atoms with E-state index in [1.807, 2.05) is 6.07 Å². The zero-order chi connectivity index (χ0) is 11.6. The van der Waals surface area contributed by atoms with Gasteiger partial charge in [0.05, 0.1) is 10.0 Å². The first kappa shape index (κ1) is 11.5. The number of nitriles is 1.